The lowest BCUT2D eigenvalue weighted by atomic mass is 10.2. The molecule has 0 saturated heterocycles. The maximum atomic E-state index is 11.0. The molecule has 0 saturated carbocycles. The number of quaternary nitrogens is 1. The average Bonchev–Trinajstić information content (AvgIpc) is 2.21. The Kier molecular flexibility index (Phi) is 5.80. The highest BCUT2D eigenvalue weighted by atomic mass is 32.2. The summed E-state index contributed by atoms with van der Waals surface area (Å²) in [5, 5.41) is 2.65. The summed E-state index contributed by atoms with van der Waals surface area (Å²) < 4.78 is 30.4. The molecule has 1 unspecified atom stereocenters. The summed E-state index contributed by atoms with van der Waals surface area (Å²) in [6, 6.07) is -0.0120. The van der Waals surface area contributed by atoms with Crippen molar-refractivity contribution in [1.29, 1.82) is 0 Å². The summed E-state index contributed by atoms with van der Waals surface area (Å²) in [5.41, 5.74) is 0. The van der Waals surface area contributed by atoms with Crippen molar-refractivity contribution in [3.8, 4) is 0 Å². The van der Waals surface area contributed by atoms with Crippen molar-refractivity contribution < 1.29 is 22.2 Å². The molecule has 0 rings (SSSR count). The highest BCUT2D eigenvalue weighted by molar-refractivity contribution is 7.85. The van der Waals surface area contributed by atoms with Crippen molar-refractivity contribution in [2.45, 2.75) is 19.4 Å². The highest BCUT2D eigenvalue weighted by Crippen LogP contribution is 2.10. The van der Waals surface area contributed by atoms with Crippen LogP contribution < -0.4 is 5.32 Å². The van der Waals surface area contributed by atoms with Crippen LogP contribution in [0.25, 0.3) is 0 Å². The normalized spacial score (nSPS) is 14.1. The van der Waals surface area contributed by atoms with Gasteiger partial charge in [-0.3, -0.25) is 9.35 Å². The van der Waals surface area contributed by atoms with Crippen LogP contribution in [0.15, 0.2) is 12.7 Å². The highest BCUT2D eigenvalue weighted by Gasteiger charge is 2.25. The van der Waals surface area contributed by atoms with Gasteiger partial charge in [-0.25, -0.2) is 0 Å². The van der Waals surface area contributed by atoms with Gasteiger partial charge in [0.05, 0.1) is 25.9 Å². The van der Waals surface area contributed by atoms with Gasteiger partial charge in [0.2, 0.25) is 5.91 Å². The fraction of sp³-hybridized carbons (Fsp3) is 0.700. The molecule has 0 aromatic heterocycles. The van der Waals surface area contributed by atoms with Crippen molar-refractivity contribution in [1.82, 2.24) is 5.32 Å². The summed E-state index contributed by atoms with van der Waals surface area (Å²) >= 11 is 0. The van der Waals surface area contributed by atoms with Gasteiger partial charge in [0.1, 0.15) is 0 Å². The number of nitrogens with zero attached hydrogens (tertiary/aromatic N) is 1. The van der Waals surface area contributed by atoms with Gasteiger partial charge >= 0.3 is 0 Å². The molecular formula is C10H21N2O4S+. The average molecular weight is 265 g/mol. The third kappa shape index (κ3) is 7.09. The Labute approximate surface area is 103 Å². The van der Waals surface area contributed by atoms with E-state index >= 15 is 0 Å². The number of nitrogens with one attached hydrogen (secondary N) is 1. The van der Waals surface area contributed by atoms with Crippen LogP contribution in [0.2, 0.25) is 0 Å². The van der Waals surface area contributed by atoms with Crippen LogP contribution in [0.3, 0.4) is 0 Å². The summed E-state index contributed by atoms with van der Waals surface area (Å²) in [7, 11) is -0.183. The molecule has 0 aliphatic rings. The fourth-order valence-corrected chi connectivity index (χ4v) is 1.82. The second-order valence-corrected chi connectivity index (χ2v) is 6.18. The molecule has 0 spiro atoms. The van der Waals surface area contributed by atoms with E-state index in [1.165, 1.54) is 6.08 Å². The first-order valence-corrected chi connectivity index (χ1v) is 6.87. The molecular weight excluding hydrogens is 244 g/mol. The largest absolute Gasteiger partial charge is 0.309 e. The second kappa shape index (κ2) is 6.13. The van der Waals surface area contributed by atoms with Crippen LogP contribution in [-0.2, 0) is 14.9 Å². The monoisotopic (exact) mass is 265 g/mol. The van der Waals surface area contributed by atoms with Crippen molar-refractivity contribution in [2.24, 2.45) is 0 Å². The van der Waals surface area contributed by atoms with Gasteiger partial charge in [0.25, 0.3) is 10.1 Å². The van der Waals surface area contributed by atoms with Crippen molar-refractivity contribution in [2.75, 3.05) is 26.5 Å². The quantitative estimate of drug-likeness (QED) is 0.293. The van der Waals surface area contributed by atoms with Crippen LogP contribution in [0, 0.1) is 0 Å². The number of hydrogen-bond acceptors (Lipinski definition) is 3. The lowest BCUT2D eigenvalue weighted by Gasteiger charge is -2.35. The standard InChI is InChI=1S/C10H20N2O4S/c1-5-10(13)11-8-12(3,4)9(2)6-7-17(14,15)16/h5,9H,1,6-8H2,2-4H3,(H-,11,13,14,15,16)/p+1. The summed E-state index contributed by atoms with van der Waals surface area (Å²) in [5.74, 6) is -0.538. The summed E-state index contributed by atoms with van der Waals surface area (Å²) in [6.07, 6.45) is 1.51. The lowest BCUT2D eigenvalue weighted by Crippen LogP contribution is -2.53. The predicted octanol–water partition coefficient (Wildman–Crippen LogP) is -0.0111. The minimum Gasteiger partial charge on any atom is -0.309 e. The first kappa shape index (κ1) is 16.1. The molecule has 100 valence electrons. The molecule has 17 heavy (non-hydrogen) atoms. The zero-order valence-electron chi connectivity index (χ0n) is 10.5. The Bertz CT molecular complexity index is 376. The Morgan fingerprint density at radius 1 is 1.53 bits per heavy atom. The molecule has 0 bridgehead atoms. The van der Waals surface area contributed by atoms with E-state index in [-0.39, 0.29) is 17.7 Å². The van der Waals surface area contributed by atoms with E-state index in [0.717, 1.165) is 0 Å². The van der Waals surface area contributed by atoms with E-state index in [2.05, 4.69) is 11.9 Å². The Morgan fingerprint density at radius 2 is 2.06 bits per heavy atom. The maximum Gasteiger partial charge on any atom is 0.265 e. The zero-order chi connectivity index (χ0) is 13.7. The zero-order valence-corrected chi connectivity index (χ0v) is 11.3. The minimum atomic E-state index is -3.93. The molecule has 0 aromatic rings. The predicted molar refractivity (Wildman–Crippen MR) is 65.8 cm³/mol. The molecule has 6 nitrogen and oxygen atoms in total. The number of carbonyl (C=O) groups is 1. The van der Waals surface area contributed by atoms with Gasteiger partial charge in [0, 0.05) is 6.42 Å². The lowest BCUT2D eigenvalue weighted by molar-refractivity contribution is -0.914. The first-order chi connectivity index (χ1) is 7.58. The molecule has 0 radical (unpaired) electrons. The Balaban J connectivity index is 4.29. The van der Waals surface area contributed by atoms with E-state index in [9.17, 15) is 13.2 Å². The Hall–Kier alpha value is -0.920. The van der Waals surface area contributed by atoms with Crippen LogP contribution in [0.5, 0.6) is 0 Å². The summed E-state index contributed by atoms with van der Waals surface area (Å²) in [6.45, 7) is 5.58. The fourth-order valence-electron chi connectivity index (χ4n) is 1.18. The molecule has 0 fully saturated rings. The molecule has 0 aliphatic carbocycles. The van der Waals surface area contributed by atoms with Crippen molar-refractivity contribution >= 4 is 16.0 Å². The minimum absolute atomic E-state index is 0.0120. The summed E-state index contributed by atoms with van der Waals surface area (Å²) in [4.78, 5) is 11.0. The van der Waals surface area contributed by atoms with E-state index in [4.69, 9.17) is 4.55 Å². The molecule has 1 atom stereocenters. The molecule has 2 N–H and O–H groups in total. The third-order valence-corrected chi connectivity index (χ3v) is 3.58. The number of hydrogen-bond donors (Lipinski definition) is 2. The third-order valence-electron chi connectivity index (χ3n) is 2.83. The molecule has 0 aromatic carbocycles. The molecule has 0 aliphatic heterocycles. The Morgan fingerprint density at radius 3 is 2.47 bits per heavy atom. The van der Waals surface area contributed by atoms with Crippen LogP contribution in [0.1, 0.15) is 13.3 Å². The number of rotatable bonds is 7. The maximum absolute atomic E-state index is 11.0. The van der Waals surface area contributed by atoms with Crippen LogP contribution in [-0.4, -0.2) is 55.9 Å². The molecule has 0 heterocycles. The van der Waals surface area contributed by atoms with E-state index < -0.39 is 10.1 Å². The molecule has 7 heteroatoms. The van der Waals surface area contributed by atoms with Gasteiger partial charge in [-0.15, -0.1) is 0 Å². The van der Waals surface area contributed by atoms with Gasteiger partial charge < -0.3 is 9.80 Å². The first-order valence-electron chi connectivity index (χ1n) is 5.26. The van der Waals surface area contributed by atoms with Gasteiger partial charge in [-0.1, -0.05) is 6.58 Å². The van der Waals surface area contributed by atoms with E-state index in [0.29, 0.717) is 17.6 Å². The van der Waals surface area contributed by atoms with Gasteiger partial charge in [0.15, 0.2) is 6.67 Å². The molecule has 1 amide bonds. The van der Waals surface area contributed by atoms with E-state index in [1.54, 1.807) is 0 Å². The van der Waals surface area contributed by atoms with Crippen molar-refractivity contribution in [3.05, 3.63) is 12.7 Å². The smallest absolute Gasteiger partial charge is 0.265 e. The van der Waals surface area contributed by atoms with Crippen LogP contribution in [0.4, 0.5) is 0 Å². The SMILES string of the molecule is C=CC(=O)NC[N+](C)(C)C(C)CCS(=O)(=O)O. The van der Waals surface area contributed by atoms with Gasteiger partial charge in [-0.05, 0) is 13.0 Å². The number of amides is 1. The van der Waals surface area contributed by atoms with Gasteiger partial charge in [-0.2, -0.15) is 8.42 Å². The topological polar surface area (TPSA) is 83.5 Å². The van der Waals surface area contributed by atoms with Crippen LogP contribution >= 0.6 is 0 Å². The second-order valence-electron chi connectivity index (χ2n) is 4.61. The number of carbonyl (C=O) groups excluding carboxylic acids is 1. The van der Waals surface area contributed by atoms with E-state index in [1.807, 2.05) is 21.0 Å². The van der Waals surface area contributed by atoms with Crippen molar-refractivity contribution in [3.63, 3.8) is 0 Å².